The van der Waals surface area contributed by atoms with Gasteiger partial charge in [-0.25, -0.2) is 4.98 Å². The molecule has 0 aliphatic heterocycles. The van der Waals surface area contributed by atoms with E-state index in [0.29, 0.717) is 10.7 Å². The average molecular weight is 243 g/mol. The Labute approximate surface area is 99.6 Å². The number of hydrogen-bond acceptors (Lipinski definition) is 3. The van der Waals surface area contributed by atoms with Gasteiger partial charge in [-0.05, 0) is 18.6 Å². The van der Waals surface area contributed by atoms with E-state index in [1.165, 1.54) is 6.07 Å². The van der Waals surface area contributed by atoms with Gasteiger partial charge in [-0.2, -0.15) is 0 Å². The van der Waals surface area contributed by atoms with Crippen molar-refractivity contribution in [3.63, 3.8) is 0 Å². The van der Waals surface area contributed by atoms with Crippen LogP contribution in [0.25, 0.3) is 0 Å². The smallest absolute Gasteiger partial charge is 0.251 e. The number of nitrogens with one attached hydrogen (secondary N) is 1. The second-order valence-electron chi connectivity index (χ2n) is 3.40. The number of aromatic nitrogens is 1. The van der Waals surface area contributed by atoms with Crippen LogP contribution in [0, 0.1) is 0 Å². The molecule has 1 amide bonds. The Morgan fingerprint density at radius 1 is 1.56 bits per heavy atom. The van der Waals surface area contributed by atoms with Crippen LogP contribution in [0.5, 0.6) is 0 Å². The van der Waals surface area contributed by atoms with E-state index >= 15 is 0 Å². The van der Waals surface area contributed by atoms with E-state index in [2.05, 4.69) is 10.3 Å². The van der Waals surface area contributed by atoms with Crippen LogP contribution in [0.4, 0.5) is 0 Å². The van der Waals surface area contributed by atoms with Crippen LogP contribution in [0.2, 0.25) is 5.15 Å². The minimum Gasteiger partial charge on any atom is -0.395 e. The summed E-state index contributed by atoms with van der Waals surface area (Å²) in [7, 11) is 0. The first kappa shape index (κ1) is 12.9. The van der Waals surface area contributed by atoms with Crippen LogP contribution in [-0.2, 0) is 6.42 Å². The minimum absolute atomic E-state index is 0.0770. The van der Waals surface area contributed by atoms with Gasteiger partial charge in [0.15, 0.2) is 0 Å². The summed E-state index contributed by atoms with van der Waals surface area (Å²) in [6.07, 6.45) is 1.74. The maximum Gasteiger partial charge on any atom is 0.251 e. The summed E-state index contributed by atoms with van der Waals surface area (Å²) >= 11 is 5.82. The molecule has 0 aliphatic carbocycles. The Bertz CT molecular complexity index is 369. The lowest BCUT2D eigenvalue weighted by molar-refractivity contribution is 0.0944. The maximum atomic E-state index is 11.6. The van der Waals surface area contributed by atoms with Gasteiger partial charge in [0.05, 0.1) is 6.61 Å². The summed E-state index contributed by atoms with van der Waals surface area (Å²) in [5.41, 5.74) is 1.29. The van der Waals surface area contributed by atoms with Gasteiger partial charge >= 0.3 is 0 Å². The third-order valence-electron chi connectivity index (χ3n) is 2.01. The molecule has 5 heteroatoms. The fourth-order valence-electron chi connectivity index (χ4n) is 1.34. The Hall–Kier alpha value is -1.13. The molecule has 16 heavy (non-hydrogen) atoms. The fourth-order valence-corrected chi connectivity index (χ4v) is 1.56. The van der Waals surface area contributed by atoms with Crippen molar-refractivity contribution in [1.29, 1.82) is 0 Å². The number of rotatable bonds is 5. The molecular weight excluding hydrogens is 228 g/mol. The minimum atomic E-state index is -0.240. The van der Waals surface area contributed by atoms with Crippen molar-refractivity contribution >= 4 is 17.5 Å². The van der Waals surface area contributed by atoms with Crippen LogP contribution >= 0.6 is 11.6 Å². The van der Waals surface area contributed by atoms with Gasteiger partial charge in [0.2, 0.25) is 0 Å². The number of hydrogen-bond donors (Lipinski definition) is 2. The number of aliphatic hydroxyl groups excluding tert-OH is 1. The lowest BCUT2D eigenvalue weighted by atomic mass is 10.1. The Morgan fingerprint density at radius 3 is 2.94 bits per heavy atom. The third-order valence-corrected chi connectivity index (χ3v) is 2.21. The van der Waals surface area contributed by atoms with E-state index < -0.39 is 0 Å². The Morgan fingerprint density at radius 2 is 2.31 bits per heavy atom. The highest BCUT2D eigenvalue weighted by molar-refractivity contribution is 6.29. The Kier molecular flexibility index (Phi) is 5.22. The number of carbonyl (C=O) groups excluding carboxylic acids is 1. The molecule has 0 saturated carbocycles. The molecule has 0 aliphatic rings. The number of nitrogens with zero attached hydrogens (tertiary/aromatic N) is 1. The van der Waals surface area contributed by atoms with Crippen LogP contribution in [0.3, 0.4) is 0 Å². The summed E-state index contributed by atoms with van der Waals surface area (Å²) in [5.74, 6) is -0.240. The summed E-state index contributed by atoms with van der Waals surface area (Å²) in [6.45, 7) is 2.20. The van der Waals surface area contributed by atoms with Crippen LogP contribution in [0.15, 0.2) is 12.1 Å². The van der Waals surface area contributed by atoms with Crippen LogP contribution < -0.4 is 5.32 Å². The van der Waals surface area contributed by atoms with Crippen molar-refractivity contribution in [2.45, 2.75) is 19.8 Å². The highest BCUT2D eigenvalue weighted by Gasteiger charge is 2.08. The molecule has 1 aromatic rings. The van der Waals surface area contributed by atoms with Gasteiger partial charge in [0, 0.05) is 17.8 Å². The van der Waals surface area contributed by atoms with Crippen molar-refractivity contribution in [1.82, 2.24) is 10.3 Å². The van der Waals surface area contributed by atoms with Crippen molar-refractivity contribution in [3.8, 4) is 0 Å². The maximum absolute atomic E-state index is 11.6. The lowest BCUT2D eigenvalue weighted by Crippen LogP contribution is -2.26. The monoisotopic (exact) mass is 242 g/mol. The molecule has 0 radical (unpaired) electrons. The molecule has 0 atom stereocenters. The number of halogens is 1. The highest BCUT2D eigenvalue weighted by atomic mass is 35.5. The number of carbonyl (C=O) groups is 1. The molecule has 2 N–H and O–H groups in total. The van der Waals surface area contributed by atoms with Crippen LogP contribution in [-0.4, -0.2) is 29.1 Å². The van der Waals surface area contributed by atoms with Gasteiger partial charge in [-0.3, -0.25) is 4.79 Å². The highest BCUT2D eigenvalue weighted by Crippen LogP contribution is 2.12. The first-order valence-electron chi connectivity index (χ1n) is 5.23. The Balaban J connectivity index is 2.82. The lowest BCUT2D eigenvalue weighted by Gasteiger charge is -2.05. The van der Waals surface area contributed by atoms with Gasteiger partial charge in [0.1, 0.15) is 5.15 Å². The zero-order valence-electron chi connectivity index (χ0n) is 9.16. The van der Waals surface area contributed by atoms with E-state index in [9.17, 15) is 4.79 Å². The normalized spacial score (nSPS) is 10.2. The zero-order valence-corrected chi connectivity index (χ0v) is 9.92. The van der Waals surface area contributed by atoms with E-state index in [4.69, 9.17) is 16.7 Å². The van der Waals surface area contributed by atoms with E-state index in [0.717, 1.165) is 18.5 Å². The molecule has 0 unspecified atom stereocenters. The fraction of sp³-hybridized carbons (Fsp3) is 0.455. The number of amides is 1. The molecule has 1 heterocycles. The summed E-state index contributed by atoms with van der Waals surface area (Å²) in [5, 5.41) is 11.5. The number of pyridine rings is 1. The zero-order chi connectivity index (χ0) is 12.0. The van der Waals surface area contributed by atoms with Crippen molar-refractivity contribution < 1.29 is 9.90 Å². The standard InChI is InChI=1S/C11H15ClN2O2/c1-2-3-9-6-8(7-10(12)14-9)11(16)13-4-5-15/h6-7,15H,2-5H2,1H3,(H,13,16). The molecule has 0 fully saturated rings. The predicted octanol–water partition coefficient (Wildman–Crippen LogP) is 1.41. The number of aryl methyl sites for hydroxylation is 1. The van der Waals surface area contributed by atoms with E-state index in [1.54, 1.807) is 6.07 Å². The largest absolute Gasteiger partial charge is 0.395 e. The van der Waals surface area contributed by atoms with Gasteiger partial charge < -0.3 is 10.4 Å². The molecule has 4 nitrogen and oxygen atoms in total. The van der Waals surface area contributed by atoms with Crippen molar-refractivity contribution in [2.24, 2.45) is 0 Å². The molecule has 1 aromatic heterocycles. The van der Waals surface area contributed by atoms with Gasteiger partial charge in [-0.1, -0.05) is 24.9 Å². The molecule has 88 valence electrons. The van der Waals surface area contributed by atoms with Crippen molar-refractivity contribution in [3.05, 3.63) is 28.5 Å². The van der Waals surface area contributed by atoms with Gasteiger partial charge in [-0.15, -0.1) is 0 Å². The summed E-state index contributed by atoms with van der Waals surface area (Å²) in [6, 6.07) is 3.25. The predicted molar refractivity (Wildman–Crippen MR) is 62.7 cm³/mol. The first-order chi connectivity index (χ1) is 7.67. The first-order valence-corrected chi connectivity index (χ1v) is 5.60. The average Bonchev–Trinajstić information content (AvgIpc) is 2.25. The molecule has 0 saturated heterocycles. The van der Waals surface area contributed by atoms with Gasteiger partial charge in [0.25, 0.3) is 5.91 Å². The SMILES string of the molecule is CCCc1cc(C(=O)NCCO)cc(Cl)n1. The summed E-state index contributed by atoms with van der Waals surface area (Å²) < 4.78 is 0. The topological polar surface area (TPSA) is 62.2 Å². The second kappa shape index (κ2) is 6.45. The molecule has 0 aromatic carbocycles. The quantitative estimate of drug-likeness (QED) is 0.768. The number of aliphatic hydroxyl groups is 1. The molecule has 1 rings (SSSR count). The molecule has 0 spiro atoms. The summed E-state index contributed by atoms with van der Waals surface area (Å²) in [4.78, 5) is 15.7. The molecular formula is C11H15ClN2O2. The van der Waals surface area contributed by atoms with Crippen molar-refractivity contribution in [2.75, 3.05) is 13.2 Å². The third kappa shape index (κ3) is 3.79. The van der Waals surface area contributed by atoms with E-state index in [-0.39, 0.29) is 19.1 Å². The van der Waals surface area contributed by atoms with Crippen LogP contribution in [0.1, 0.15) is 29.4 Å². The van der Waals surface area contributed by atoms with E-state index in [1.807, 2.05) is 6.92 Å². The molecule has 0 bridgehead atoms. The second-order valence-corrected chi connectivity index (χ2v) is 3.79.